The molecule has 12 heteroatoms. The summed E-state index contributed by atoms with van der Waals surface area (Å²) in [6, 6.07) is 1.65. The minimum absolute atomic E-state index is 0.0408. The van der Waals surface area contributed by atoms with E-state index >= 15 is 0 Å². The van der Waals surface area contributed by atoms with Crippen LogP contribution in [0.1, 0.15) is 36.5 Å². The summed E-state index contributed by atoms with van der Waals surface area (Å²) in [6.07, 6.45) is 0.924. The minimum atomic E-state index is -1.10. The van der Waals surface area contributed by atoms with E-state index in [9.17, 15) is 28.4 Å². The molecule has 2 rings (SSSR count). The van der Waals surface area contributed by atoms with Crippen molar-refractivity contribution in [3.8, 4) is 5.69 Å². The van der Waals surface area contributed by atoms with Gasteiger partial charge in [0, 0.05) is 20.5 Å². The molecule has 2 aromatic rings. The molecule has 0 aliphatic carbocycles. The highest BCUT2D eigenvalue weighted by atomic mass is 35.5. The lowest BCUT2D eigenvalue weighted by atomic mass is 10.2. The number of hydrogen-bond donors (Lipinski definition) is 0. The second kappa shape index (κ2) is 10.2. The van der Waals surface area contributed by atoms with Crippen LogP contribution in [-0.2, 0) is 28.4 Å². The zero-order valence-electron chi connectivity index (χ0n) is 17.1. The van der Waals surface area contributed by atoms with Gasteiger partial charge in [-0.05, 0) is 25.0 Å². The molecule has 31 heavy (non-hydrogen) atoms. The van der Waals surface area contributed by atoms with Crippen molar-refractivity contribution in [1.29, 1.82) is 0 Å². The minimum Gasteiger partial charge on any atom is -0.466 e. The van der Waals surface area contributed by atoms with E-state index in [4.69, 9.17) is 21.1 Å². The van der Waals surface area contributed by atoms with Gasteiger partial charge in [-0.3, -0.25) is 4.79 Å². The molecule has 0 bridgehead atoms. The summed E-state index contributed by atoms with van der Waals surface area (Å²) < 4.78 is 26.1. The zero-order valence-corrected chi connectivity index (χ0v) is 17.9. The van der Waals surface area contributed by atoms with Crippen LogP contribution in [0.3, 0.4) is 0 Å². The van der Waals surface area contributed by atoms with E-state index in [0.717, 1.165) is 26.2 Å². The van der Waals surface area contributed by atoms with E-state index in [2.05, 4.69) is 0 Å². The number of carbonyl (C=O) groups is 2. The topological polar surface area (TPSA) is 119 Å². The molecule has 0 amide bonds. The predicted octanol–water partition coefficient (Wildman–Crippen LogP) is 0.918. The van der Waals surface area contributed by atoms with Crippen LogP contribution >= 0.6 is 11.6 Å². The normalized spacial score (nSPS) is 10.7. The molecular formula is C19H21ClFN3O7. The second-order valence-corrected chi connectivity index (χ2v) is 6.95. The largest absolute Gasteiger partial charge is 0.466 e. The van der Waals surface area contributed by atoms with Crippen LogP contribution in [0.4, 0.5) is 4.39 Å². The van der Waals surface area contributed by atoms with Crippen LogP contribution in [-0.4, -0.2) is 38.9 Å². The average Bonchev–Trinajstić information content (AvgIpc) is 2.73. The third-order valence-electron chi connectivity index (χ3n) is 4.25. The summed E-state index contributed by atoms with van der Waals surface area (Å²) >= 11 is 5.93. The van der Waals surface area contributed by atoms with Crippen molar-refractivity contribution < 1.29 is 23.5 Å². The van der Waals surface area contributed by atoms with Gasteiger partial charge in [0.1, 0.15) is 5.82 Å². The standard InChI is InChI=1S/C19H21ClFN3O7/c1-4-7-30-15(25)6-5-8-31-16(26)11-9-14(13(21)10-12(11)20)24-18(28)22(2)17(27)23(3)19(24)29/h9-10H,4-8H2,1-3H3. The van der Waals surface area contributed by atoms with Crippen LogP contribution in [0.5, 0.6) is 0 Å². The first-order valence-electron chi connectivity index (χ1n) is 9.31. The van der Waals surface area contributed by atoms with E-state index in [1.54, 1.807) is 0 Å². The number of carbonyl (C=O) groups excluding carboxylic acids is 2. The van der Waals surface area contributed by atoms with Gasteiger partial charge >= 0.3 is 29.0 Å². The van der Waals surface area contributed by atoms with E-state index in [-0.39, 0.29) is 30.0 Å². The Kier molecular flexibility index (Phi) is 7.92. The lowest BCUT2D eigenvalue weighted by Gasteiger charge is -2.12. The van der Waals surface area contributed by atoms with Crippen molar-refractivity contribution in [2.75, 3.05) is 13.2 Å². The van der Waals surface area contributed by atoms with Crippen LogP contribution in [0.2, 0.25) is 5.02 Å². The summed E-state index contributed by atoms with van der Waals surface area (Å²) in [6.45, 7) is 2.02. The van der Waals surface area contributed by atoms with Gasteiger partial charge in [0.05, 0.1) is 29.5 Å². The number of aromatic nitrogens is 3. The van der Waals surface area contributed by atoms with Crippen molar-refractivity contribution in [2.45, 2.75) is 26.2 Å². The maximum atomic E-state index is 14.5. The Morgan fingerprint density at radius 3 is 2.19 bits per heavy atom. The average molecular weight is 458 g/mol. The quantitative estimate of drug-likeness (QED) is 0.427. The lowest BCUT2D eigenvalue weighted by Crippen LogP contribution is -2.52. The molecule has 0 radical (unpaired) electrons. The second-order valence-electron chi connectivity index (χ2n) is 6.54. The fraction of sp³-hybridized carbons (Fsp3) is 0.421. The predicted molar refractivity (Wildman–Crippen MR) is 108 cm³/mol. The van der Waals surface area contributed by atoms with Gasteiger partial charge in [0.15, 0.2) is 0 Å². The van der Waals surface area contributed by atoms with Crippen molar-refractivity contribution >= 4 is 23.5 Å². The van der Waals surface area contributed by atoms with Gasteiger partial charge in [-0.25, -0.2) is 37.3 Å². The lowest BCUT2D eigenvalue weighted by molar-refractivity contribution is -0.144. The van der Waals surface area contributed by atoms with E-state index in [1.165, 1.54) is 0 Å². The molecule has 0 unspecified atom stereocenters. The van der Waals surface area contributed by atoms with E-state index in [1.807, 2.05) is 6.92 Å². The smallest absolute Gasteiger partial charge is 0.340 e. The summed E-state index contributed by atoms with van der Waals surface area (Å²) in [5, 5.41) is -0.303. The maximum absolute atomic E-state index is 14.5. The van der Waals surface area contributed by atoms with Crippen molar-refractivity contribution in [1.82, 2.24) is 13.7 Å². The first kappa shape index (κ1) is 24.1. The summed E-state index contributed by atoms with van der Waals surface area (Å²) in [4.78, 5) is 60.4. The Labute approximate surface area is 180 Å². The fourth-order valence-electron chi connectivity index (χ4n) is 2.59. The molecule has 0 aliphatic heterocycles. The summed E-state index contributed by atoms with van der Waals surface area (Å²) in [5.41, 5.74) is -3.95. The molecule has 0 saturated heterocycles. The molecule has 0 saturated carbocycles. The SMILES string of the molecule is CCCOC(=O)CCCOC(=O)c1cc(-n2c(=O)n(C)c(=O)n(C)c2=O)c(F)cc1Cl. The molecule has 1 heterocycles. The monoisotopic (exact) mass is 457 g/mol. The third kappa shape index (κ3) is 5.29. The highest BCUT2D eigenvalue weighted by Crippen LogP contribution is 2.23. The molecule has 0 aliphatic rings. The zero-order chi connectivity index (χ0) is 23.3. The van der Waals surface area contributed by atoms with Crippen LogP contribution in [0.15, 0.2) is 26.5 Å². The molecule has 1 aromatic carbocycles. The summed E-state index contributed by atoms with van der Waals surface area (Å²) in [5.74, 6) is -2.43. The number of hydrogen-bond acceptors (Lipinski definition) is 7. The van der Waals surface area contributed by atoms with Gasteiger partial charge in [0.2, 0.25) is 0 Å². The summed E-state index contributed by atoms with van der Waals surface area (Å²) in [7, 11) is 2.24. The number of benzene rings is 1. The van der Waals surface area contributed by atoms with Crippen LogP contribution in [0, 0.1) is 5.82 Å². The molecule has 1 aromatic heterocycles. The van der Waals surface area contributed by atoms with Gasteiger partial charge in [0.25, 0.3) is 0 Å². The van der Waals surface area contributed by atoms with E-state index < -0.39 is 40.5 Å². The molecule has 0 N–H and O–H groups in total. The molecule has 0 fully saturated rings. The first-order valence-corrected chi connectivity index (χ1v) is 9.69. The molecule has 0 spiro atoms. The molecule has 0 atom stereocenters. The molecule has 10 nitrogen and oxygen atoms in total. The Bertz CT molecular complexity index is 1140. The number of nitrogens with zero attached hydrogens (tertiary/aromatic N) is 3. The Morgan fingerprint density at radius 2 is 1.61 bits per heavy atom. The van der Waals surface area contributed by atoms with Gasteiger partial charge in [-0.15, -0.1) is 0 Å². The van der Waals surface area contributed by atoms with Crippen molar-refractivity contribution in [2.24, 2.45) is 14.1 Å². The van der Waals surface area contributed by atoms with Gasteiger partial charge < -0.3 is 9.47 Å². The van der Waals surface area contributed by atoms with Crippen molar-refractivity contribution in [3.05, 3.63) is 60.0 Å². The fourth-order valence-corrected chi connectivity index (χ4v) is 2.82. The Balaban J connectivity index is 2.30. The number of halogens is 2. The molecule has 168 valence electrons. The van der Waals surface area contributed by atoms with Crippen LogP contribution < -0.4 is 17.1 Å². The van der Waals surface area contributed by atoms with Crippen molar-refractivity contribution in [3.63, 3.8) is 0 Å². The Morgan fingerprint density at radius 1 is 1.00 bits per heavy atom. The number of rotatable bonds is 8. The first-order chi connectivity index (χ1) is 14.6. The van der Waals surface area contributed by atoms with Gasteiger partial charge in [-0.1, -0.05) is 18.5 Å². The number of esters is 2. The maximum Gasteiger partial charge on any atom is 0.340 e. The van der Waals surface area contributed by atoms with E-state index in [0.29, 0.717) is 26.7 Å². The third-order valence-corrected chi connectivity index (χ3v) is 4.57. The highest BCUT2D eigenvalue weighted by molar-refractivity contribution is 6.33. The molecular weight excluding hydrogens is 437 g/mol. The number of ether oxygens (including phenoxy) is 2. The highest BCUT2D eigenvalue weighted by Gasteiger charge is 2.21. The Hall–Kier alpha value is -3.21. The van der Waals surface area contributed by atoms with Crippen LogP contribution in [0.25, 0.3) is 5.69 Å². The van der Waals surface area contributed by atoms with Gasteiger partial charge in [-0.2, -0.15) is 0 Å².